The number of hydrogen-bond acceptors (Lipinski definition) is 8. The predicted molar refractivity (Wildman–Crippen MR) is 88.5 cm³/mol. The molecule has 2 unspecified atom stereocenters. The molecule has 2 aliphatic heterocycles. The van der Waals surface area contributed by atoms with Crippen molar-refractivity contribution in [2.45, 2.75) is 37.9 Å². The monoisotopic (exact) mass is 412 g/mol. The van der Waals surface area contributed by atoms with E-state index in [4.69, 9.17) is 4.18 Å². The van der Waals surface area contributed by atoms with Gasteiger partial charge in [0.05, 0.1) is 12.9 Å². The Hall–Kier alpha value is -0.780. The van der Waals surface area contributed by atoms with E-state index in [0.717, 1.165) is 32.2 Å². The maximum absolute atomic E-state index is 11.6. The Morgan fingerprint density at radius 3 is 2.61 bits per heavy atom. The molecule has 0 radical (unpaired) electrons. The Kier molecular flexibility index (Phi) is 5.64. The van der Waals surface area contributed by atoms with E-state index >= 15 is 0 Å². The van der Waals surface area contributed by atoms with Gasteiger partial charge < -0.3 is 0 Å². The second-order valence-corrected chi connectivity index (χ2v) is 8.35. The molecule has 0 aromatic carbocycles. The van der Waals surface area contributed by atoms with Gasteiger partial charge in [0.15, 0.2) is 10.8 Å². The number of likely N-dealkylation sites (tertiary alicyclic amines) is 1. The molecular formula is C12H21BrN4O5S. The van der Waals surface area contributed by atoms with Crippen molar-refractivity contribution in [3.8, 4) is 0 Å². The smallest absolute Gasteiger partial charge is 0.276 e. The summed E-state index contributed by atoms with van der Waals surface area (Å²) in [6, 6.07) is 0. The van der Waals surface area contributed by atoms with Crippen molar-refractivity contribution in [1.29, 1.82) is 0 Å². The molecule has 11 heteroatoms. The van der Waals surface area contributed by atoms with E-state index in [-0.39, 0.29) is 16.2 Å². The number of halogens is 1. The summed E-state index contributed by atoms with van der Waals surface area (Å²) in [6.07, 6.45) is 2.94. The molecule has 1 fully saturated rings. The van der Waals surface area contributed by atoms with E-state index in [1.165, 1.54) is 0 Å². The van der Waals surface area contributed by atoms with E-state index in [2.05, 4.69) is 25.9 Å². The molecule has 132 valence electrons. The number of rotatable bonds is 7. The van der Waals surface area contributed by atoms with Crippen molar-refractivity contribution in [3.05, 3.63) is 10.1 Å². The van der Waals surface area contributed by atoms with E-state index in [1.54, 1.807) is 11.9 Å². The SMILES string of the molecule is CC1([N+](=O)[O-])C(Br)=NN(CCCOS(C)(=O)=O)C1N1CCCC1. The Morgan fingerprint density at radius 2 is 2.09 bits per heavy atom. The maximum Gasteiger partial charge on any atom is 0.303 e. The third-order valence-electron chi connectivity index (χ3n) is 4.11. The lowest BCUT2D eigenvalue weighted by Gasteiger charge is -2.35. The average Bonchev–Trinajstić information content (AvgIpc) is 3.02. The summed E-state index contributed by atoms with van der Waals surface area (Å²) in [7, 11) is -3.48. The van der Waals surface area contributed by atoms with Crippen molar-refractivity contribution in [2.75, 3.05) is 32.5 Å². The highest BCUT2D eigenvalue weighted by Gasteiger charge is 2.59. The molecule has 0 saturated carbocycles. The van der Waals surface area contributed by atoms with Gasteiger partial charge in [0.25, 0.3) is 10.1 Å². The van der Waals surface area contributed by atoms with E-state index in [9.17, 15) is 18.5 Å². The van der Waals surface area contributed by atoms with Crippen LogP contribution in [-0.4, -0.2) is 72.1 Å². The van der Waals surface area contributed by atoms with Crippen LogP contribution in [0.5, 0.6) is 0 Å². The van der Waals surface area contributed by atoms with Crippen LogP contribution in [0.4, 0.5) is 0 Å². The molecule has 1 saturated heterocycles. The fraction of sp³-hybridized carbons (Fsp3) is 0.917. The normalized spacial score (nSPS) is 29.1. The highest BCUT2D eigenvalue weighted by atomic mass is 79.9. The Bertz CT molecular complexity index is 592. The second kappa shape index (κ2) is 6.99. The highest BCUT2D eigenvalue weighted by molar-refractivity contribution is 9.18. The van der Waals surface area contributed by atoms with Crippen molar-refractivity contribution < 1.29 is 17.5 Å². The lowest BCUT2D eigenvalue weighted by Crippen LogP contribution is -2.60. The maximum atomic E-state index is 11.6. The van der Waals surface area contributed by atoms with Gasteiger partial charge in [-0.2, -0.15) is 13.5 Å². The van der Waals surface area contributed by atoms with Crippen LogP contribution in [0.3, 0.4) is 0 Å². The zero-order valence-corrected chi connectivity index (χ0v) is 15.5. The predicted octanol–water partition coefficient (Wildman–Crippen LogP) is 0.834. The van der Waals surface area contributed by atoms with Crippen LogP contribution in [0.2, 0.25) is 0 Å². The molecule has 0 aromatic heterocycles. The summed E-state index contributed by atoms with van der Waals surface area (Å²) in [5, 5.41) is 17.6. The molecule has 2 atom stereocenters. The average molecular weight is 413 g/mol. The van der Waals surface area contributed by atoms with Gasteiger partial charge in [0.1, 0.15) is 0 Å². The van der Waals surface area contributed by atoms with Crippen LogP contribution >= 0.6 is 15.9 Å². The van der Waals surface area contributed by atoms with Gasteiger partial charge in [-0.15, -0.1) is 0 Å². The molecule has 0 amide bonds. The molecule has 0 aromatic rings. The quantitative estimate of drug-likeness (QED) is 0.264. The number of nitro groups is 1. The molecule has 2 aliphatic rings. The topological polar surface area (TPSA) is 105 Å². The number of hydrazone groups is 1. The van der Waals surface area contributed by atoms with Gasteiger partial charge in [0.2, 0.25) is 0 Å². The molecule has 0 aliphatic carbocycles. The second-order valence-electron chi connectivity index (χ2n) is 5.95. The molecule has 0 spiro atoms. The summed E-state index contributed by atoms with van der Waals surface area (Å²) in [6.45, 7) is 3.57. The summed E-state index contributed by atoms with van der Waals surface area (Å²) in [5.74, 6) is 0. The minimum absolute atomic E-state index is 0.0321. The van der Waals surface area contributed by atoms with Crippen molar-refractivity contribution in [2.24, 2.45) is 5.10 Å². The Labute approximate surface area is 144 Å². The Morgan fingerprint density at radius 1 is 1.48 bits per heavy atom. The van der Waals surface area contributed by atoms with E-state index in [1.807, 2.05) is 0 Å². The van der Waals surface area contributed by atoms with Gasteiger partial charge in [-0.25, -0.2) is 0 Å². The summed E-state index contributed by atoms with van der Waals surface area (Å²) in [4.78, 5) is 13.4. The molecule has 9 nitrogen and oxygen atoms in total. The first-order chi connectivity index (χ1) is 10.7. The fourth-order valence-corrected chi connectivity index (χ4v) is 3.95. The lowest BCUT2D eigenvalue weighted by atomic mass is 10.0. The summed E-state index contributed by atoms with van der Waals surface area (Å²) in [5.41, 5.74) is -1.33. The highest BCUT2D eigenvalue weighted by Crippen LogP contribution is 2.35. The molecule has 2 heterocycles. The summed E-state index contributed by atoms with van der Waals surface area (Å²) < 4.78 is 27.0. The van der Waals surface area contributed by atoms with Crippen LogP contribution in [-0.2, 0) is 14.3 Å². The molecule has 2 rings (SSSR count). The first kappa shape index (κ1) is 18.6. The zero-order valence-electron chi connectivity index (χ0n) is 13.1. The number of nitrogens with zero attached hydrogens (tertiary/aromatic N) is 4. The van der Waals surface area contributed by atoms with Gasteiger partial charge in [-0.05, 0) is 35.2 Å². The summed E-state index contributed by atoms with van der Waals surface area (Å²) >= 11 is 3.24. The van der Waals surface area contributed by atoms with E-state index in [0.29, 0.717) is 13.0 Å². The fourth-order valence-electron chi connectivity index (χ4n) is 2.97. The minimum atomic E-state index is -3.48. The van der Waals surface area contributed by atoms with Gasteiger partial charge >= 0.3 is 5.54 Å². The van der Waals surface area contributed by atoms with Gasteiger partial charge in [-0.3, -0.25) is 24.2 Å². The first-order valence-electron chi connectivity index (χ1n) is 7.40. The van der Waals surface area contributed by atoms with E-state index < -0.39 is 21.8 Å². The largest absolute Gasteiger partial charge is 0.303 e. The van der Waals surface area contributed by atoms with Crippen molar-refractivity contribution in [1.82, 2.24) is 9.91 Å². The first-order valence-corrected chi connectivity index (χ1v) is 10.0. The molecule has 23 heavy (non-hydrogen) atoms. The van der Waals surface area contributed by atoms with Gasteiger partial charge in [-0.1, -0.05) is 0 Å². The van der Waals surface area contributed by atoms with Crippen LogP contribution in [0.1, 0.15) is 26.2 Å². The van der Waals surface area contributed by atoms with Crippen LogP contribution in [0, 0.1) is 10.1 Å². The third kappa shape index (κ3) is 4.01. The molecule has 0 N–H and O–H groups in total. The zero-order chi connectivity index (χ0) is 17.3. The number of hydrogen-bond donors (Lipinski definition) is 0. The standard InChI is InChI=1S/C12H21BrN4O5S/c1-12(17(18)19)10(13)14-16(8-5-9-22-23(2,20)21)11(12)15-6-3-4-7-15/h11H,3-9H2,1-2H3. The van der Waals surface area contributed by atoms with Crippen molar-refractivity contribution in [3.63, 3.8) is 0 Å². The van der Waals surface area contributed by atoms with Gasteiger partial charge in [0, 0.05) is 31.5 Å². The van der Waals surface area contributed by atoms with Crippen LogP contribution in [0.25, 0.3) is 0 Å². The minimum Gasteiger partial charge on any atom is -0.276 e. The van der Waals surface area contributed by atoms with Crippen LogP contribution < -0.4 is 0 Å². The molecule has 0 bridgehead atoms. The third-order valence-corrected chi connectivity index (χ3v) is 5.67. The Balaban J connectivity index is 2.09. The molecular weight excluding hydrogens is 392 g/mol. The van der Waals surface area contributed by atoms with Crippen molar-refractivity contribution >= 4 is 30.7 Å². The lowest BCUT2D eigenvalue weighted by molar-refractivity contribution is -0.553. The van der Waals surface area contributed by atoms with Crippen LogP contribution in [0.15, 0.2) is 5.10 Å².